The molecular formula is C30H37N9O3S. The molecule has 1 amide bonds. The Morgan fingerprint density at radius 3 is 2.40 bits per heavy atom. The Morgan fingerprint density at radius 2 is 1.70 bits per heavy atom. The number of primary amides is 1. The van der Waals surface area contributed by atoms with Gasteiger partial charge in [-0.1, -0.05) is 31.0 Å². The molecule has 2 atom stereocenters. The summed E-state index contributed by atoms with van der Waals surface area (Å²) in [6.07, 6.45) is 5.23. The number of hydrogen-bond donors (Lipinski definition) is 3. The van der Waals surface area contributed by atoms with E-state index in [2.05, 4.69) is 20.5 Å². The summed E-state index contributed by atoms with van der Waals surface area (Å²) in [5.74, 6) is 0.274. The number of benzene rings is 2. The van der Waals surface area contributed by atoms with E-state index >= 15 is 0 Å². The van der Waals surface area contributed by atoms with Gasteiger partial charge in [0.15, 0.2) is 17.0 Å². The lowest BCUT2D eigenvalue weighted by molar-refractivity contribution is -0.122. The Kier molecular flexibility index (Phi) is 8.17. The fourth-order valence-electron chi connectivity index (χ4n) is 5.96. The molecule has 0 radical (unpaired) electrons. The molecule has 4 aromatic rings. The fourth-order valence-corrected chi connectivity index (χ4v) is 7.38. The van der Waals surface area contributed by atoms with Crippen LogP contribution in [-0.2, 0) is 21.4 Å². The number of anilines is 4. The van der Waals surface area contributed by atoms with Crippen LogP contribution in [0.1, 0.15) is 32.6 Å². The number of hydrogen-bond acceptors (Lipinski definition) is 9. The van der Waals surface area contributed by atoms with E-state index in [-0.39, 0.29) is 22.8 Å². The molecule has 43 heavy (non-hydrogen) atoms. The van der Waals surface area contributed by atoms with Crippen LogP contribution >= 0.6 is 0 Å². The van der Waals surface area contributed by atoms with E-state index in [1.54, 1.807) is 34.9 Å². The van der Waals surface area contributed by atoms with Gasteiger partial charge < -0.3 is 25.8 Å². The molecule has 0 bridgehead atoms. The van der Waals surface area contributed by atoms with Gasteiger partial charge in [-0.05, 0) is 56.2 Å². The summed E-state index contributed by atoms with van der Waals surface area (Å²) in [5.41, 5.74) is 8.70. The van der Waals surface area contributed by atoms with E-state index in [0.29, 0.717) is 61.3 Å². The number of nitrogens with one attached hydrogen (secondary N) is 2. The first-order chi connectivity index (χ1) is 20.8. The molecule has 2 aliphatic rings. The third-order valence-corrected chi connectivity index (χ3v) is 10.3. The molecule has 13 heteroatoms. The predicted molar refractivity (Wildman–Crippen MR) is 167 cm³/mol. The van der Waals surface area contributed by atoms with Crippen LogP contribution in [0, 0.1) is 5.92 Å². The lowest BCUT2D eigenvalue weighted by Crippen LogP contribution is -2.48. The minimum absolute atomic E-state index is 0.145. The van der Waals surface area contributed by atoms with E-state index in [4.69, 9.17) is 15.7 Å². The summed E-state index contributed by atoms with van der Waals surface area (Å²) in [4.78, 5) is 28.5. The van der Waals surface area contributed by atoms with Crippen LogP contribution in [0.4, 0.5) is 23.1 Å². The van der Waals surface area contributed by atoms with Crippen molar-refractivity contribution in [1.29, 1.82) is 0 Å². The Morgan fingerprint density at radius 1 is 0.977 bits per heavy atom. The van der Waals surface area contributed by atoms with Crippen molar-refractivity contribution in [2.75, 3.05) is 41.7 Å². The Hall–Kier alpha value is -4.23. The highest BCUT2D eigenvalue weighted by atomic mass is 32.2. The number of amides is 1. The summed E-state index contributed by atoms with van der Waals surface area (Å²) < 4.78 is 30.3. The molecule has 6 rings (SSSR count). The summed E-state index contributed by atoms with van der Waals surface area (Å²) in [6, 6.07) is 16.6. The first-order valence-corrected chi connectivity index (χ1v) is 16.2. The zero-order valence-electron chi connectivity index (χ0n) is 24.2. The fraction of sp³-hybridized carbons (Fsp3) is 0.400. The van der Waals surface area contributed by atoms with Gasteiger partial charge in [0, 0.05) is 50.1 Å². The van der Waals surface area contributed by atoms with Crippen molar-refractivity contribution in [3.8, 4) is 0 Å². The monoisotopic (exact) mass is 603 g/mol. The maximum absolute atomic E-state index is 13.4. The van der Waals surface area contributed by atoms with Gasteiger partial charge in [0.1, 0.15) is 0 Å². The summed E-state index contributed by atoms with van der Waals surface area (Å²) >= 11 is 0. The third kappa shape index (κ3) is 6.00. The van der Waals surface area contributed by atoms with Gasteiger partial charge in [-0.25, -0.2) is 13.4 Å². The standard InChI is InChI=1S/C30H37N9O3S/c1-2-37-20-32-26-28(35-30(36-29(26)37)34-25-11-7-6-10-24(25)27(31)40)33-21-12-14-23(15-13-21)43(41,42)39-18-16-38(17-19-39)22-8-4-3-5-9-22/h3-5,8-9,12-15,20,24-25H,2,6-7,10-11,16-19H2,1H3,(H2,31,40)(H2,33,34,35,36)/t24-,25+/m0/s1. The Labute approximate surface area is 251 Å². The predicted octanol–water partition coefficient (Wildman–Crippen LogP) is 3.56. The highest BCUT2D eigenvalue weighted by Gasteiger charge is 2.31. The molecule has 1 saturated carbocycles. The molecule has 2 aromatic heterocycles. The van der Waals surface area contributed by atoms with Crippen LogP contribution in [-0.4, -0.2) is 70.4 Å². The molecule has 2 fully saturated rings. The quantitative estimate of drug-likeness (QED) is 0.261. The maximum atomic E-state index is 13.4. The van der Waals surface area contributed by atoms with E-state index < -0.39 is 10.0 Å². The molecule has 1 saturated heterocycles. The average Bonchev–Trinajstić information content (AvgIpc) is 3.45. The lowest BCUT2D eigenvalue weighted by Gasteiger charge is -2.35. The van der Waals surface area contributed by atoms with Gasteiger partial charge in [-0.15, -0.1) is 0 Å². The number of para-hydroxylation sites is 1. The molecular weight excluding hydrogens is 566 g/mol. The highest BCUT2D eigenvalue weighted by Crippen LogP contribution is 2.30. The zero-order chi connectivity index (χ0) is 30.0. The number of nitrogens with zero attached hydrogens (tertiary/aromatic N) is 6. The van der Waals surface area contributed by atoms with Crippen LogP contribution in [0.15, 0.2) is 65.8 Å². The molecule has 4 N–H and O–H groups in total. The first-order valence-electron chi connectivity index (χ1n) is 14.8. The second kappa shape index (κ2) is 12.2. The molecule has 3 heterocycles. The summed E-state index contributed by atoms with van der Waals surface area (Å²) in [7, 11) is -3.64. The van der Waals surface area contributed by atoms with Crippen LogP contribution in [0.5, 0.6) is 0 Å². The molecule has 0 unspecified atom stereocenters. The zero-order valence-corrected chi connectivity index (χ0v) is 25.0. The SMILES string of the molecule is CCn1cnc2c(Nc3ccc(S(=O)(=O)N4CCN(c5ccccc5)CC4)cc3)nc(N[C@@H]3CCCC[C@@H]3C(N)=O)nc21. The number of sulfonamides is 1. The smallest absolute Gasteiger partial charge is 0.243 e. The number of rotatable bonds is 9. The summed E-state index contributed by atoms with van der Waals surface area (Å²) in [6.45, 7) is 4.79. The molecule has 226 valence electrons. The van der Waals surface area contributed by atoms with Crippen molar-refractivity contribution in [1.82, 2.24) is 23.8 Å². The van der Waals surface area contributed by atoms with E-state index in [0.717, 1.165) is 31.4 Å². The number of fused-ring (bicyclic) bond motifs is 1. The number of aryl methyl sites for hydroxylation is 1. The molecule has 0 spiro atoms. The second-order valence-electron chi connectivity index (χ2n) is 11.0. The third-order valence-electron chi connectivity index (χ3n) is 8.37. The van der Waals surface area contributed by atoms with Crippen molar-refractivity contribution >= 4 is 50.2 Å². The molecule has 1 aliphatic carbocycles. The number of piperazine rings is 1. The van der Waals surface area contributed by atoms with E-state index in [1.807, 2.05) is 41.8 Å². The number of carbonyl (C=O) groups excluding carboxylic acids is 1. The van der Waals surface area contributed by atoms with Gasteiger partial charge in [-0.2, -0.15) is 14.3 Å². The second-order valence-corrected chi connectivity index (χ2v) is 13.0. The van der Waals surface area contributed by atoms with Crippen LogP contribution in [0.3, 0.4) is 0 Å². The molecule has 12 nitrogen and oxygen atoms in total. The van der Waals surface area contributed by atoms with Crippen LogP contribution in [0.25, 0.3) is 11.2 Å². The largest absolute Gasteiger partial charge is 0.369 e. The Balaban J connectivity index is 1.19. The lowest BCUT2D eigenvalue weighted by atomic mass is 9.84. The highest BCUT2D eigenvalue weighted by molar-refractivity contribution is 7.89. The topological polar surface area (TPSA) is 151 Å². The minimum Gasteiger partial charge on any atom is -0.369 e. The van der Waals surface area contributed by atoms with Crippen molar-refractivity contribution in [2.24, 2.45) is 11.7 Å². The van der Waals surface area contributed by atoms with Crippen molar-refractivity contribution in [3.63, 3.8) is 0 Å². The van der Waals surface area contributed by atoms with Gasteiger partial charge in [0.25, 0.3) is 0 Å². The Bertz CT molecular complexity index is 1690. The van der Waals surface area contributed by atoms with Gasteiger partial charge in [0.2, 0.25) is 21.9 Å². The normalized spacial score (nSPS) is 19.8. The number of nitrogens with two attached hydrogens (primary N) is 1. The van der Waals surface area contributed by atoms with Crippen molar-refractivity contribution in [2.45, 2.75) is 50.1 Å². The minimum atomic E-state index is -3.64. The van der Waals surface area contributed by atoms with E-state index in [9.17, 15) is 13.2 Å². The van der Waals surface area contributed by atoms with Gasteiger partial charge in [-0.3, -0.25) is 4.79 Å². The average molecular weight is 604 g/mol. The summed E-state index contributed by atoms with van der Waals surface area (Å²) in [5, 5.41) is 6.66. The van der Waals surface area contributed by atoms with Crippen molar-refractivity contribution in [3.05, 3.63) is 60.9 Å². The molecule has 2 aromatic carbocycles. The van der Waals surface area contributed by atoms with Crippen LogP contribution < -0.4 is 21.3 Å². The number of imidazole rings is 1. The number of aromatic nitrogens is 4. The first kappa shape index (κ1) is 28.9. The van der Waals surface area contributed by atoms with Crippen molar-refractivity contribution < 1.29 is 13.2 Å². The van der Waals surface area contributed by atoms with E-state index in [1.165, 1.54) is 0 Å². The molecule has 1 aliphatic heterocycles. The van der Waals surface area contributed by atoms with Gasteiger partial charge >= 0.3 is 0 Å². The maximum Gasteiger partial charge on any atom is 0.243 e. The van der Waals surface area contributed by atoms with Gasteiger partial charge in [0.05, 0.1) is 17.1 Å². The number of carbonyl (C=O) groups is 1. The van der Waals surface area contributed by atoms with Crippen LogP contribution in [0.2, 0.25) is 0 Å².